The number of halogens is 6. The fraction of sp³-hybridized carbons (Fsp3) is 0.0909. The van der Waals surface area contributed by atoms with Gasteiger partial charge in [-0.1, -0.05) is 40.9 Å². The zero-order valence-electron chi connectivity index (χ0n) is 16.3. The molecule has 170 valence electrons. The van der Waals surface area contributed by atoms with Gasteiger partial charge in [-0.15, -0.1) is 0 Å². The maximum atomic E-state index is 12.8. The van der Waals surface area contributed by atoms with Crippen LogP contribution in [0, 0.1) is 11.3 Å². The molecule has 1 N–H and O–H groups in total. The van der Waals surface area contributed by atoms with Crippen LogP contribution in [0.15, 0.2) is 58.5 Å². The summed E-state index contributed by atoms with van der Waals surface area (Å²) in [7, 11) is 0. The number of nitrogens with one attached hydrogen (secondary N) is 1. The first-order valence-electron chi connectivity index (χ1n) is 9.03. The Balaban J connectivity index is 1.70. The molecule has 0 saturated heterocycles. The quantitative estimate of drug-likeness (QED) is 0.274. The summed E-state index contributed by atoms with van der Waals surface area (Å²) in [5, 5.41) is 12.3. The average molecular weight is 516 g/mol. The van der Waals surface area contributed by atoms with Gasteiger partial charge in [-0.3, -0.25) is 4.79 Å². The predicted octanol–water partition coefficient (Wildman–Crippen LogP) is 7.38. The minimum Gasteiger partial charge on any atom is -0.483 e. The molecule has 0 atom stereocenters. The molecule has 0 radical (unpaired) electrons. The monoisotopic (exact) mass is 514 g/mol. The van der Waals surface area contributed by atoms with Crippen LogP contribution >= 0.6 is 34.8 Å². The number of rotatable bonds is 6. The summed E-state index contributed by atoms with van der Waals surface area (Å²) in [4.78, 5) is 12.3. The van der Waals surface area contributed by atoms with E-state index in [4.69, 9.17) is 44.0 Å². The molecule has 0 bridgehead atoms. The maximum absolute atomic E-state index is 12.8. The van der Waals surface area contributed by atoms with E-state index in [2.05, 4.69) is 5.32 Å². The lowest BCUT2D eigenvalue weighted by molar-refractivity contribution is -0.137. The Kier molecular flexibility index (Phi) is 7.59. The lowest BCUT2D eigenvalue weighted by Gasteiger charge is -2.09. The van der Waals surface area contributed by atoms with E-state index in [9.17, 15) is 23.2 Å². The van der Waals surface area contributed by atoms with Crippen molar-refractivity contribution in [1.29, 1.82) is 5.26 Å². The van der Waals surface area contributed by atoms with Gasteiger partial charge < -0.3 is 14.5 Å². The largest absolute Gasteiger partial charge is 0.483 e. The highest BCUT2D eigenvalue weighted by Gasteiger charge is 2.30. The van der Waals surface area contributed by atoms with Crippen LogP contribution in [0.3, 0.4) is 0 Å². The van der Waals surface area contributed by atoms with Crippen molar-refractivity contribution < 1.29 is 27.1 Å². The predicted molar refractivity (Wildman–Crippen MR) is 118 cm³/mol. The molecule has 3 aromatic rings. The number of hydrogen-bond acceptors (Lipinski definition) is 4. The minimum absolute atomic E-state index is 0.0623. The molecule has 0 spiro atoms. The SMILES string of the molecule is N#CC(=Cc1ccc(COc2c(Cl)cc(Cl)cc2Cl)o1)C(=O)Nc1cccc(C(F)(F)F)c1. The second kappa shape index (κ2) is 10.2. The van der Waals surface area contributed by atoms with E-state index >= 15 is 0 Å². The first kappa shape index (κ1) is 24.5. The van der Waals surface area contributed by atoms with E-state index in [0.717, 1.165) is 24.3 Å². The van der Waals surface area contributed by atoms with Crippen molar-refractivity contribution in [1.82, 2.24) is 0 Å². The molecule has 0 aliphatic carbocycles. The molecule has 0 saturated carbocycles. The zero-order valence-corrected chi connectivity index (χ0v) is 18.6. The number of furan rings is 1. The fourth-order valence-electron chi connectivity index (χ4n) is 2.62. The number of alkyl halides is 3. The number of anilines is 1. The lowest BCUT2D eigenvalue weighted by atomic mass is 10.1. The third-order valence-electron chi connectivity index (χ3n) is 4.10. The first-order valence-corrected chi connectivity index (χ1v) is 10.2. The molecule has 11 heteroatoms. The Morgan fingerprint density at radius 2 is 1.82 bits per heavy atom. The van der Waals surface area contributed by atoms with Crippen molar-refractivity contribution in [2.24, 2.45) is 0 Å². The minimum atomic E-state index is -4.57. The summed E-state index contributed by atoms with van der Waals surface area (Å²) >= 11 is 18.0. The second-order valence-electron chi connectivity index (χ2n) is 6.49. The molecule has 0 unspecified atom stereocenters. The summed E-state index contributed by atoms with van der Waals surface area (Å²) in [6.07, 6.45) is -3.42. The Morgan fingerprint density at radius 1 is 1.12 bits per heavy atom. The van der Waals surface area contributed by atoms with Gasteiger partial charge in [-0.05, 0) is 42.5 Å². The molecule has 2 aromatic carbocycles. The van der Waals surface area contributed by atoms with Crippen LogP contribution in [0.4, 0.5) is 18.9 Å². The van der Waals surface area contributed by atoms with Crippen LogP contribution in [-0.2, 0) is 17.6 Å². The number of amides is 1. The molecule has 0 aliphatic rings. The van der Waals surface area contributed by atoms with Crippen molar-refractivity contribution in [3.63, 3.8) is 0 Å². The van der Waals surface area contributed by atoms with Crippen LogP contribution in [0.2, 0.25) is 15.1 Å². The van der Waals surface area contributed by atoms with Gasteiger partial charge in [-0.2, -0.15) is 18.4 Å². The number of carbonyl (C=O) groups excluding carboxylic acids is 1. The highest BCUT2D eigenvalue weighted by atomic mass is 35.5. The van der Waals surface area contributed by atoms with E-state index < -0.39 is 17.6 Å². The van der Waals surface area contributed by atoms with E-state index in [1.807, 2.05) is 0 Å². The average Bonchev–Trinajstić information content (AvgIpc) is 3.18. The van der Waals surface area contributed by atoms with Gasteiger partial charge in [0.25, 0.3) is 5.91 Å². The second-order valence-corrected chi connectivity index (χ2v) is 7.74. The fourth-order valence-corrected chi connectivity index (χ4v) is 3.55. The van der Waals surface area contributed by atoms with Gasteiger partial charge in [0.15, 0.2) is 5.75 Å². The smallest absolute Gasteiger partial charge is 0.416 e. The van der Waals surface area contributed by atoms with Crippen molar-refractivity contribution in [3.8, 4) is 11.8 Å². The molecule has 5 nitrogen and oxygen atoms in total. The molecule has 1 aromatic heterocycles. The molecule has 0 fully saturated rings. The van der Waals surface area contributed by atoms with Gasteiger partial charge >= 0.3 is 6.18 Å². The molecule has 0 aliphatic heterocycles. The van der Waals surface area contributed by atoms with E-state index in [0.29, 0.717) is 10.8 Å². The molecule has 33 heavy (non-hydrogen) atoms. The van der Waals surface area contributed by atoms with Crippen molar-refractivity contribution in [2.75, 3.05) is 5.32 Å². The van der Waals surface area contributed by atoms with Crippen LogP contribution < -0.4 is 10.1 Å². The lowest BCUT2D eigenvalue weighted by Crippen LogP contribution is -2.14. The van der Waals surface area contributed by atoms with E-state index in [1.54, 1.807) is 12.1 Å². The first-order chi connectivity index (χ1) is 15.6. The third-order valence-corrected chi connectivity index (χ3v) is 4.88. The van der Waals surface area contributed by atoms with Crippen LogP contribution in [0.1, 0.15) is 17.1 Å². The van der Waals surface area contributed by atoms with Gasteiger partial charge in [0.2, 0.25) is 0 Å². The van der Waals surface area contributed by atoms with Gasteiger partial charge in [0, 0.05) is 16.8 Å². The van der Waals surface area contributed by atoms with Gasteiger partial charge in [0.05, 0.1) is 15.6 Å². The normalized spacial score (nSPS) is 11.7. The molecular formula is C22H12Cl3F3N2O3. The van der Waals surface area contributed by atoms with Gasteiger partial charge in [-0.25, -0.2) is 0 Å². The molecular weight excluding hydrogens is 504 g/mol. The maximum Gasteiger partial charge on any atom is 0.416 e. The Hall–Kier alpha value is -3.12. The van der Waals surface area contributed by atoms with Gasteiger partial charge in [0.1, 0.15) is 29.8 Å². The summed E-state index contributed by atoms with van der Waals surface area (Å²) in [5.74, 6) is -0.211. The summed E-state index contributed by atoms with van der Waals surface area (Å²) in [6, 6.07) is 11.7. The number of ether oxygens (including phenoxy) is 1. The van der Waals surface area contributed by atoms with Crippen molar-refractivity contribution >= 4 is 52.5 Å². The zero-order chi connectivity index (χ0) is 24.2. The third kappa shape index (κ3) is 6.45. The molecule has 1 amide bonds. The Labute approximate surface area is 200 Å². The van der Waals surface area contributed by atoms with Crippen molar-refractivity contribution in [3.05, 3.63) is 86.3 Å². The molecule has 3 rings (SSSR count). The standard InChI is InChI=1S/C22H12Cl3F3N2O3/c23-14-8-18(24)20(19(25)9-14)32-11-17-5-4-16(33-17)6-12(10-29)21(31)30-15-3-1-2-13(7-15)22(26,27)28/h1-9H,11H2,(H,30,31). The van der Waals surface area contributed by atoms with Crippen LogP contribution in [0.25, 0.3) is 6.08 Å². The summed E-state index contributed by atoms with van der Waals surface area (Å²) in [6.45, 7) is -0.0623. The number of hydrogen-bond donors (Lipinski definition) is 1. The van der Waals surface area contributed by atoms with Crippen LogP contribution in [0.5, 0.6) is 5.75 Å². The van der Waals surface area contributed by atoms with Crippen molar-refractivity contribution in [2.45, 2.75) is 12.8 Å². The summed E-state index contributed by atoms with van der Waals surface area (Å²) < 4.78 is 49.6. The molecule has 1 heterocycles. The number of carbonyl (C=O) groups is 1. The highest BCUT2D eigenvalue weighted by Crippen LogP contribution is 2.36. The van der Waals surface area contributed by atoms with E-state index in [-0.39, 0.29) is 39.4 Å². The number of benzene rings is 2. The highest BCUT2D eigenvalue weighted by molar-refractivity contribution is 6.40. The topological polar surface area (TPSA) is 75.3 Å². The Morgan fingerprint density at radius 3 is 2.45 bits per heavy atom. The Bertz CT molecular complexity index is 1240. The van der Waals surface area contributed by atoms with E-state index in [1.165, 1.54) is 24.3 Å². The number of nitrogens with zero attached hydrogens (tertiary/aromatic N) is 1. The van der Waals surface area contributed by atoms with Crippen LogP contribution in [-0.4, -0.2) is 5.91 Å². The number of nitriles is 1. The summed E-state index contributed by atoms with van der Waals surface area (Å²) in [5.41, 5.74) is -1.42.